The molecule has 0 aliphatic carbocycles. The van der Waals surface area contributed by atoms with Crippen LogP contribution >= 0.6 is 12.4 Å². The van der Waals surface area contributed by atoms with E-state index < -0.39 is 0 Å². The van der Waals surface area contributed by atoms with Crippen LogP contribution < -0.4 is 10.6 Å². The minimum atomic E-state index is 0. The van der Waals surface area contributed by atoms with Crippen LogP contribution in [-0.4, -0.2) is 24.2 Å². The molecule has 2 N–H and O–H groups in total. The van der Waals surface area contributed by atoms with Crippen LogP contribution in [0.5, 0.6) is 0 Å². The van der Waals surface area contributed by atoms with Crippen molar-refractivity contribution in [3.8, 4) is 0 Å². The summed E-state index contributed by atoms with van der Waals surface area (Å²) in [6.45, 7) is 6.34. The average molecular weight is 316 g/mol. The third-order valence-electron chi connectivity index (χ3n) is 4.56. The fourth-order valence-corrected chi connectivity index (χ4v) is 3.52. The Morgan fingerprint density at radius 3 is 2.64 bits per heavy atom. The monoisotopic (exact) mass is 315 g/mol. The van der Waals surface area contributed by atoms with Crippen molar-refractivity contribution in [3.05, 3.63) is 48.0 Å². The quantitative estimate of drug-likeness (QED) is 0.758. The van der Waals surface area contributed by atoms with Crippen molar-refractivity contribution in [2.45, 2.75) is 19.5 Å². The van der Waals surface area contributed by atoms with Gasteiger partial charge in [0.2, 0.25) is 0 Å². The molecule has 2 aromatic carbocycles. The molecule has 1 fully saturated rings. The number of piperazine rings is 1. The molecule has 3 nitrogen and oxygen atoms in total. The van der Waals surface area contributed by atoms with Crippen LogP contribution in [-0.2, 0) is 6.54 Å². The first-order valence-corrected chi connectivity index (χ1v) is 7.83. The number of aryl methyl sites for hydroxylation is 1. The third kappa shape index (κ3) is 2.39. The Bertz CT molecular complexity index is 787. The van der Waals surface area contributed by atoms with E-state index in [4.69, 9.17) is 0 Å². The minimum absolute atomic E-state index is 0. The molecule has 0 radical (unpaired) electrons. The summed E-state index contributed by atoms with van der Waals surface area (Å²) >= 11 is 0. The molecule has 1 saturated heterocycles. The highest BCUT2D eigenvalue weighted by atomic mass is 35.5. The molecule has 22 heavy (non-hydrogen) atoms. The number of hydrogen-bond donors (Lipinski definition) is 2. The number of para-hydroxylation sites is 1. The number of rotatable bonds is 2. The molecule has 116 valence electrons. The van der Waals surface area contributed by atoms with Crippen molar-refractivity contribution < 1.29 is 0 Å². The van der Waals surface area contributed by atoms with Gasteiger partial charge in [0.1, 0.15) is 0 Å². The predicted molar refractivity (Wildman–Crippen MR) is 96.0 cm³/mol. The average Bonchev–Trinajstić information content (AvgIpc) is 2.88. The van der Waals surface area contributed by atoms with E-state index in [0.717, 1.165) is 26.2 Å². The molecule has 1 aromatic heterocycles. The van der Waals surface area contributed by atoms with Gasteiger partial charge in [-0.1, -0.05) is 24.3 Å². The fourth-order valence-electron chi connectivity index (χ4n) is 3.52. The predicted octanol–water partition coefficient (Wildman–Crippen LogP) is 3.47. The molecule has 1 atom stereocenters. The molecule has 0 saturated carbocycles. The Kier molecular flexibility index (Phi) is 4.39. The summed E-state index contributed by atoms with van der Waals surface area (Å²) < 4.78 is 2.40. The van der Waals surface area contributed by atoms with Gasteiger partial charge in [0.15, 0.2) is 0 Å². The molecule has 0 unspecified atom stereocenters. The van der Waals surface area contributed by atoms with Gasteiger partial charge in [-0.25, -0.2) is 0 Å². The molecule has 3 aromatic rings. The highest BCUT2D eigenvalue weighted by Gasteiger charge is 2.16. The van der Waals surface area contributed by atoms with E-state index in [1.54, 1.807) is 0 Å². The second-order valence-electron chi connectivity index (χ2n) is 5.75. The van der Waals surface area contributed by atoms with E-state index >= 15 is 0 Å². The first-order chi connectivity index (χ1) is 10.4. The van der Waals surface area contributed by atoms with Gasteiger partial charge in [0.25, 0.3) is 0 Å². The van der Waals surface area contributed by atoms with Crippen molar-refractivity contribution in [3.63, 3.8) is 0 Å². The summed E-state index contributed by atoms with van der Waals surface area (Å²) in [5.41, 5.74) is 4.06. The third-order valence-corrected chi connectivity index (χ3v) is 4.56. The number of nitrogens with zero attached hydrogens (tertiary/aromatic N) is 1. The summed E-state index contributed by atoms with van der Waals surface area (Å²) in [4.78, 5) is 0. The highest BCUT2D eigenvalue weighted by molar-refractivity contribution is 6.08. The zero-order valence-electron chi connectivity index (χ0n) is 12.8. The topological polar surface area (TPSA) is 29.0 Å². The van der Waals surface area contributed by atoms with Gasteiger partial charge in [0, 0.05) is 54.0 Å². The summed E-state index contributed by atoms with van der Waals surface area (Å²) in [6.07, 6.45) is 0. The van der Waals surface area contributed by atoms with Gasteiger partial charge in [-0.3, -0.25) is 0 Å². The first kappa shape index (κ1) is 15.3. The molecule has 0 bridgehead atoms. The van der Waals surface area contributed by atoms with Gasteiger partial charge in [-0.05, 0) is 30.7 Å². The number of aromatic nitrogens is 1. The lowest BCUT2D eigenvalue weighted by atomic mass is 10.0. The van der Waals surface area contributed by atoms with Crippen LogP contribution in [0, 0.1) is 0 Å². The van der Waals surface area contributed by atoms with Crippen LogP contribution in [0.2, 0.25) is 0 Å². The Balaban J connectivity index is 0.00000144. The van der Waals surface area contributed by atoms with Crippen molar-refractivity contribution in [2.24, 2.45) is 0 Å². The largest absolute Gasteiger partial charge is 0.341 e. The first-order valence-electron chi connectivity index (χ1n) is 7.83. The van der Waals surface area contributed by atoms with Gasteiger partial charge < -0.3 is 15.2 Å². The van der Waals surface area contributed by atoms with Crippen molar-refractivity contribution in [2.75, 3.05) is 19.6 Å². The lowest BCUT2D eigenvalue weighted by Gasteiger charge is -2.25. The fraction of sp³-hybridized carbons (Fsp3) is 0.333. The maximum atomic E-state index is 3.60. The van der Waals surface area contributed by atoms with E-state index in [2.05, 4.69) is 64.6 Å². The van der Waals surface area contributed by atoms with E-state index in [1.807, 2.05) is 0 Å². The molecular weight excluding hydrogens is 294 g/mol. The van der Waals surface area contributed by atoms with E-state index in [9.17, 15) is 0 Å². The van der Waals surface area contributed by atoms with Gasteiger partial charge >= 0.3 is 0 Å². The number of fused-ring (bicyclic) bond motifs is 3. The van der Waals surface area contributed by atoms with Crippen LogP contribution in [0.15, 0.2) is 42.5 Å². The Hall–Kier alpha value is -1.55. The van der Waals surface area contributed by atoms with Crippen LogP contribution in [0.25, 0.3) is 21.8 Å². The van der Waals surface area contributed by atoms with Crippen LogP contribution in [0.3, 0.4) is 0 Å². The smallest absolute Gasteiger partial charge is 0.0491 e. The SMILES string of the molecule is CCn1c2ccccc2c2cc([C@@H]3CNCCN3)ccc21.Cl. The highest BCUT2D eigenvalue weighted by Crippen LogP contribution is 2.31. The normalized spacial score (nSPS) is 18.5. The van der Waals surface area contributed by atoms with Crippen LogP contribution in [0.4, 0.5) is 0 Å². The lowest BCUT2D eigenvalue weighted by molar-refractivity contribution is 0.430. The standard InChI is InChI=1S/C18H21N3.ClH/c1-2-21-17-6-4-3-5-14(17)15-11-13(7-8-18(15)21)16-12-19-9-10-20-16;/h3-8,11,16,19-20H,2,9-10,12H2,1H3;1H/t16-;/m0./s1. The maximum Gasteiger partial charge on any atom is 0.0491 e. The molecule has 1 aliphatic rings. The molecular formula is C18H22ClN3. The summed E-state index contributed by atoms with van der Waals surface area (Å²) in [5.74, 6) is 0. The Morgan fingerprint density at radius 1 is 1.05 bits per heavy atom. The molecule has 1 aliphatic heterocycles. The van der Waals surface area contributed by atoms with Gasteiger partial charge in [-0.15, -0.1) is 12.4 Å². The van der Waals surface area contributed by atoms with Crippen molar-refractivity contribution in [1.82, 2.24) is 15.2 Å². The zero-order valence-corrected chi connectivity index (χ0v) is 13.6. The minimum Gasteiger partial charge on any atom is -0.341 e. The Morgan fingerprint density at radius 2 is 1.86 bits per heavy atom. The lowest BCUT2D eigenvalue weighted by Crippen LogP contribution is -2.42. The summed E-state index contributed by atoms with van der Waals surface area (Å²) in [6, 6.07) is 16.1. The van der Waals surface area contributed by atoms with Gasteiger partial charge in [0.05, 0.1) is 0 Å². The molecule has 4 heteroatoms. The van der Waals surface area contributed by atoms with Crippen LogP contribution in [0.1, 0.15) is 18.5 Å². The number of hydrogen-bond acceptors (Lipinski definition) is 2. The molecule has 0 spiro atoms. The second-order valence-corrected chi connectivity index (χ2v) is 5.75. The van der Waals surface area contributed by atoms with E-state index in [0.29, 0.717) is 6.04 Å². The second kappa shape index (κ2) is 6.29. The van der Waals surface area contributed by atoms with Crippen molar-refractivity contribution >= 4 is 34.2 Å². The van der Waals surface area contributed by atoms with E-state index in [1.165, 1.54) is 27.4 Å². The number of nitrogens with one attached hydrogen (secondary N) is 2. The zero-order chi connectivity index (χ0) is 14.2. The Labute approximate surface area is 137 Å². The van der Waals surface area contributed by atoms with Gasteiger partial charge in [-0.2, -0.15) is 0 Å². The number of halogens is 1. The number of benzene rings is 2. The van der Waals surface area contributed by atoms with Crippen molar-refractivity contribution in [1.29, 1.82) is 0 Å². The van der Waals surface area contributed by atoms with E-state index in [-0.39, 0.29) is 12.4 Å². The summed E-state index contributed by atoms with van der Waals surface area (Å²) in [5, 5.41) is 9.80. The summed E-state index contributed by atoms with van der Waals surface area (Å²) in [7, 11) is 0. The molecule has 2 heterocycles. The molecule has 4 rings (SSSR count). The molecule has 0 amide bonds. The maximum absolute atomic E-state index is 3.60.